The largest absolute Gasteiger partial charge is 0.322 e. The van der Waals surface area contributed by atoms with Crippen molar-refractivity contribution in [2.24, 2.45) is 0 Å². The van der Waals surface area contributed by atoms with Crippen molar-refractivity contribution in [3.05, 3.63) is 98.1 Å². The third-order valence-electron chi connectivity index (χ3n) is 6.91. The molecule has 4 heteroatoms. The number of hydrogen-bond acceptors (Lipinski definition) is 1. The summed E-state index contributed by atoms with van der Waals surface area (Å²) >= 11 is 2.46. The zero-order valence-corrected chi connectivity index (χ0v) is 22.0. The summed E-state index contributed by atoms with van der Waals surface area (Å²) in [6, 6.07) is 23.3. The molecule has 0 unspecified atom stereocenters. The summed E-state index contributed by atoms with van der Waals surface area (Å²) in [7, 11) is 0. The predicted octanol–water partition coefficient (Wildman–Crippen LogP) is 7.76. The number of urea groups is 1. The molecule has 172 valence electrons. The Morgan fingerprint density at radius 3 is 2.18 bits per heavy atom. The van der Waals surface area contributed by atoms with E-state index in [1.54, 1.807) is 0 Å². The number of carbonyl (C=O) groups is 1. The Hall–Kier alpha value is -2.34. The van der Waals surface area contributed by atoms with E-state index in [1.807, 2.05) is 23.1 Å². The van der Waals surface area contributed by atoms with E-state index in [-0.39, 0.29) is 11.4 Å². The molecule has 3 nitrogen and oxygen atoms in total. The normalized spacial score (nSPS) is 14.8. The number of amides is 2. The first-order valence-electron chi connectivity index (χ1n) is 11.8. The third-order valence-corrected chi connectivity index (χ3v) is 7.85. The molecular formula is C29H33IN2O. The summed E-state index contributed by atoms with van der Waals surface area (Å²) in [6.07, 6.45) is 4.66. The zero-order chi connectivity index (χ0) is 23.4. The van der Waals surface area contributed by atoms with E-state index in [2.05, 4.69) is 97.2 Å². The van der Waals surface area contributed by atoms with E-state index in [0.29, 0.717) is 6.54 Å². The molecule has 1 aliphatic carbocycles. The van der Waals surface area contributed by atoms with E-state index in [9.17, 15) is 4.79 Å². The fourth-order valence-electron chi connectivity index (χ4n) is 5.39. The summed E-state index contributed by atoms with van der Waals surface area (Å²) < 4.78 is 1.29. The Labute approximate surface area is 211 Å². The summed E-state index contributed by atoms with van der Waals surface area (Å²) in [5.74, 6) is 0. The van der Waals surface area contributed by atoms with E-state index >= 15 is 0 Å². The highest BCUT2D eigenvalue weighted by molar-refractivity contribution is 14.1. The Balaban J connectivity index is 1.67. The van der Waals surface area contributed by atoms with Crippen LogP contribution in [0.15, 0.2) is 66.7 Å². The Morgan fingerprint density at radius 1 is 0.939 bits per heavy atom. The van der Waals surface area contributed by atoms with Gasteiger partial charge in [-0.1, -0.05) is 79.1 Å². The Bertz CT molecular complexity index is 1100. The van der Waals surface area contributed by atoms with Crippen LogP contribution in [0.2, 0.25) is 0 Å². The van der Waals surface area contributed by atoms with Gasteiger partial charge in [0.1, 0.15) is 0 Å². The van der Waals surface area contributed by atoms with Gasteiger partial charge in [0.25, 0.3) is 0 Å². The lowest BCUT2D eigenvalue weighted by Gasteiger charge is -2.37. The number of anilines is 1. The van der Waals surface area contributed by atoms with Crippen LogP contribution in [0.1, 0.15) is 53.5 Å². The molecule has 3 aromatic carbocycles. The number of hydrogen-bond donors (Lipinski definition) is 1. The number of nitrogens with zero attached hydrogens (tertiary/aromatic N) is 1. The smallest absolute Gasteiger partial charge is 0.319 e. The van der Waals surface area contributed by atoms with Crippen molar-refractivity contribution < 1.29 is 4.79 Å². The van der Waals surface area contributed by atoms with Crippen molar-refractivity contribution in [1.82, 2.24) is 4.90 Å². The van der Waals surface area contributed by atoms with Crippen LogP contribution in [-0.2, 0) is 12.0 Å². The van der Waals surface area contributed by atoms with Crippen LogP contribution < -0.4 is 5.32 Å². The van der Waals surface area contributed by atoms with Crippen LogP contribution in [0.25, 0.3) is 0 Å². The maximum atomic E-state index is 13.8. The number of aryl methyl sites for hydroxylation is 3. The van der Waals surface area contributed by atoms with Crippen LogP contribution in [0.5, 0.6) is 0 Å². The number of nitrogens with one attached hydrogen (secondary N) is 1. The van der Waals surface area contributed by atoms with E-state index in [4.69, 9.17) is 0 Å². The topological polar surface area (TPSA) is 32.3 Å². The molecule has 1 aliphatic rings. The van der Waals surface area contributed by atoms with Gasteiger partial charge in [-0.25, -0.2) is 4.79 Å². The van der Waals surface area contributed by atoms with Gasteiger partial charge in [-0.3, -0.25) is 0 Å². The minimum absolute atomic E-state index is 0.00126. The van der Waals surface area contributed by atoms with Gasteiger partial charge in [-0.05, 0) is 84.5 Å². The highest BCUT2D eigenvalue weighted by Crippen LogP contribution is 2.43. The minimum atomic E-state index is -0.0221. The molecule has 1 fully saturated rings. The van der Waals surface area contributed by atoms with Crippen molar-refractivity contribution in [2.75, 3.05) is 11.9 Å². The average Bonchev–Trinajstić information content (AvgIpc) is 3.26. The lowest BCUT2D eigenvalue weighted by atomic mass is 9.78. The van der Waals surface area contributed by atoms with Crippen molar-refractivity contribution >= 4 is 34.3 Å². The predicted molar refractivity (Wildman–Crippen MR) is 146 cm³/mol. The van der Waals surface area contributed by atoms with E-state index in [1.165, 1.54) is 27.5 Å². The summed E-state index contributed by atoms with van der Waals surface area (Å²) in [5.41, 5.74) is 6.90. The molecule has 33 heavy (non-hydrogen) atoms. The van der Waals surface area contributed by atoms with Crippen LogP contribution in [-0.4, -0.2) is 17.5 Å². The second-order valence-corrected chi connectivity index (χ2v) is 10.7. The molecule has 2 amide bonds. The average molecular weight is 553 g/mol. The van der Waals surface area contributed by atoms with E-state index in [0.717, 1.165) is 41.8 Å². The molecule has 0 aromatic heterocycles. The van der Waals surface area contributed by atoms with E-state index < -0.39 is 0 Å². The second kappa shape index (κ2) is 10.3. The molecule has 0 bridgehead atoms. The molecule has 3 aromatic rings. The quantitative estimate of drug-likeness (QED) is 0.312. The van der Waals surface area contributed by atoms with Gasteiger partial charge in [0.05, 0.1) is 0 Å². The van der Waals surface area contributed by atoms with Crippen molar-refractivity contribution in [2.45, 2.75) is 58.4 Å². The van der Waals surface area contributed by atoms with Crippen molar-refractivity contribution in [3.63, 3.8) is 0 Å². The first-order valence-corrected chi connectivity index (χ1v) is 12.9. The minimum Gasteiger partial charge on any atom is -0.319 e. The van der Waals surface area contributed by atoms with Crippen molar-refractivity contribution in [3.8, 4) is 0 Å². The van der Waals surface area contributed by atoms with Gasteiger partial charge in [-0.2, -0.15) is 0 Å². The molecule has 0 atom stereocenters. The molecule has 0 spiro atoms. The molecule has 0 saturated heterocycles. The fraction of sp³-hybridized carbons (Fsp3) is 0.345. The highest BCUT2D eigenvalue weighted by Gasteiger charge is 2.39. The number of rotatable bonds is 6. The molecule has 0 heterocycles. The fourth-order valence-corrected chi connectivity index (χ4v) is 6.35. The zero-order valence-electron chi connectivity index (χ0n) is 19.8. The van der Waals surface area contributed by atoms with Gasteiger partial charge in [0.15, 0.2) is 0 Å². The molecular weight excluding hydrogens is 519 g/mol. The molecule has 0 aliphatic heterocycles. The van der Waals surface area contributed by atoms with Gasteiger partial charge in [0.2, 0.25) is 0 Å². The van der Waals surface area contributed by atoms with Crippen LogP contribution >= 0.6 is 22.6 Å². The summed E-state index contributed by atoms with van der Waals surface area (Å²) in [4.78, 5) is 15.8. The van der Waals surface area contributed by atoms with Gasteiger partial charge >= 0.3 is 6.03 Å². The lowest BCUT2D eigenvalue weighted by molar-refractivity contribution is 0.188. The lowest BCUT2D eigenvalue weighted by Crippen LogP contribution is -2.44. The molecule has 1 N–H and O–H groups in total. The number of halogens is 1. The SMILES string of the molecule is Cc1cc(C)c(NC(=O)N(Cc2ccccc2)CC2(c3ccccc3I)CCCC2)c(C)c1. The highest BCUT2D eigenvalue weighted by atomic mass is 127. The summed E-state index contributed by atoms with van der Waals surface area (Å²) in [5, 5.41) is 3.27. The molecule has 1 saturated carbocycles. The van der Waals surface area contributed by atoms with Gasteiger partial charge < -0.3 is 10.2 Å². The Kier molecular flexibility index (Phi) is 7.42. The molecule has 4 rings (SSSR count). The first kappa shape index (κ1) is 23.8. The van der Waals surface area contributed by atoms with Crippen LogP contribution in [0.3, 0.4) is 0 Å². The van der Waals surface area contributed by atoms with Crippen LogP contribution in [0.4, 0.5) is 10.5 Å². The molecule has 0 radical (unpaired) electrons. The van der Waals surface area contributed by atoms with Crippen molar-refractivity contribution in [1.29, 1.82) is 0 Å². The van der Waals surface area contributed by atoms with Crippen LogP contribution in [0, 0.1) is 24.3 Å². The monoisotopic (exact) mass is 552 g/mol. The number of benzene rings is 3. The maximum absolute atomic E-state index is 13.8. The Morgan fingerprint density at radius 2 is 1.55 bits per heavy atom. The second-order valence-electron chi connectivity index (χ2n) is 9.51. The summed E-state index contributed by atoms with van der Waals surface area (Å²) in [6.45, 7) is 7.56. The number of carbonyl (C=O) groups excluding carboxylic acids is 1. The van der Waals surface area contributed by atoms with Gasteiger partial charge in [0, 0.05) is 27.8 Å². The van der Waals surface area contributed by atoms with Gasteiger partial charge in [-0.15, -0.1) is 0 Å². The maximum Gasteiger partial charge on any atom is 0.322 e. The first-order chi connectivity index (χ1) is 15.9. The third kappa shape index (κ3) is 5.43. The standard InChI is InChI=1S/C29H33IN2O/c1-21-17-22(2)27(23(3)18-21)31-28(33)32(19-24-11-5-4-6-12-24)20-29(15-9-10-16-29)25-13-7-8-14-26(25)30/h4-8,11-14,17-18H,9-10,15-16,19-20H2,1-3H3,(H,31,33).